The van der Waals surface area contributed by atoms with Crippen LogP contribution in [0.1, 0.15) is 23.3 Å². The molecule has 1 aromatic heterocycles. The van der Waals surface area contributed by atoms with Crippen LogP contribution in [0.5, 0.6) is 0 Å². The second-order valence-corrected chi connectivity index (χ2v) is 5.63. The maximum absolute atomic E-state index is 11.0. The number of furan rings is 1. The third-order valence-electron chi connectivity index (χ3n) is 4.29. The Labute approximate surface area is 117 Å². The van der Waals surface area contributed by atoms with Crippen molar-refractivity contribution in [2.24, 2.45) is 0 Å². The first kappa shape index (κ1) is 11.7. The van der Waals surface area contributed by atoms with Gasteiger partial charge in [0.05, 0.1) is 0 Å². The van der Waals surface area contributed by atoms with Gasteiger partial charge < -0.3 is 9.52 Å². The number of fused-ring (bicyclic) bond motifs is 2. The van der Waals surface area contributed by atoms with E-state index in [1.54, 1.807) is 0 Å². The number of hydrogen-bond donors (Lipinski definition) is 1. The van der Waals surface area contributed by atoms with Gasteiger partial charge in [-0.25, -0.2) is 0 Å². The Morgan fingerprint density at radius 2 is 1.70 bits per heavy atom. The number of hydrogen-bond acceptors (Lipinski definition) is 2. The number of aliphatic hydroxyl groups is 1. The molecule has 100 valence electrons. The standard InChI is InChI=1S/C18H16O2/c19-18(10-9-13-5-1-2-7-15(13)12-18)17-11-14-6-3-4-8-16(14)20-17/h1-8,11,19H,9-10,12H2. The van der Waals surface area contributed by atoms with Gasteiger partial charge >= 0.3 is 0 Å². The minimum atomic E-state index is -0.882. The van der Waals surface area contributed by atoms with E-state index in [2.05, 4.69) is 18.2 Å². The molecule has 1 aliphatic rings. The fourth-order valence-electron chi connectivity index (χ4n) is 3.14. The van der Waals surface area contributed by atoms with Crippen molar-refractivity contribution in [3.63, 3.8) is 0 Å². The minimum Gasteiger partial charge on any atom is -0.458 e. The van der Waals surface area contributed by atoms with Gasteiger partial charge in [-0.1, -0.05) is 42.5 Å². The predicted molar refractivity (Wildman–Crippen MR) is 78.6 cm³/mol. The van der Waals surface area contributed by atoms with Crippen LogP contribution in [0, 0.1) is 0 Å². The highest BCUT2D eigenvalue weighted by Crippen LogP contribution is 2.38. The fraction of sp³-hybridized carbons (Fsp3) is 0.222. The van der Waals surface area contributed by atoms with Gasteiger partial charge in [0.2, 0.25) is 0 Å². The van der Waals surface area contributed by atoms with E-state index in [1.165, 1.54) is 11.1 Å². The average Bonchev–Trinajstić information content (AvgIpc) is 2.92. The van der Waals surface area contributed by atoms with E-state index in [9.17, 15) is 5.11 Å². The van der Waals surface area contributed by atoms with Gasteiger partial charge in [0, 0.05) is 11.8 Å². The molecule has 2 nitrogen and oxygen atoms in total. The van der Waals surface area contributed by atoms with Crippen molar-refractivity contribution in [1.29, 1.82) is 0 Å². The van der Waals surface area contributed by atoms with Crippen molar-refractivity contribution in [2.75, 3.05) is 0 Å². The highest BCUT2D eigenvalue weighted by atomic mass is 16.4. The van der Waals surface area contributed by atoms with Crippen LogP contribution in [-0.2, 0) is 18.4 Å². The third kappa shape index (κ3) is 1.76. The molecule has 0 amide bonds. The summed E-state index contributed by atoms with van der Waals surface area (Å²) in [5.41, 5.74) is 2.53. The average molecular weight is 264 g/mol. The van der Waals surface area contributed by atoms with Gasteiger partial charge in [0.1, 0.15) is 16.9 Å². The predicted octanol–water partition coefficient (Wildman–Crippen LogP) is 3.81. The number of para-hydroxylation sites is 1. The van der Waals surface area contributed by atoms with Crippen molar-refractivity contribution >= 4 is 11.0 Å². The summed E-state index contributed by atoms with van der Waals surface area (Å²) in [6, 6.07) is 18.2. The van der Waals surface area contributed by atoms with Crippen LogP contribution >= 0.6 is 0 Å². The fourth-order valence-corrected chi connectivity index (χ4v) is 3.14. The molecule has 0 bridgehead atoms. The van der Waals surface area contributed by atoms with Crippen molar-refractivity contribution in [2.45, 2.75) is 24.9 Å². The molecule has 1 unspecified atom stereocenters. The van der Waals surface area contributed by atoms with Crippen molar-refractivity contribution in [3.05, 3.63) is 71.5 Å². The zero-order chi connectivity index (χ0) is 13.6. The third-order valence-corrected chi connectivity index (χ3v) is 4.29. The van der Waals surface area contributed by atoms with Gasteiger partial charge in [-0.2, -0.15) is 0 Å². The monoisotopic (exact) mass is 264 g/mol. The van der Waals surface area contributed by atoms with Gasteiger partial charge in [-0.05, 0) is 36.1 Å². The smallest absolute Gasteiger partial charge is 0.137 e. The molecule has 4 rings (SSSR count). The summed E-state index contributed by atoms with van der Waals surface area (Å²) in [7, 11) is 0. The lowest BCUT2D eigenvalue weighted by Crippen LogP contribution is -2.32. The molecule has 1 N–H and O–H groups in total. The van der Waals surface area contributed by atoms with E-state index < -0.39 is 5.60 Å². The van der Waals surface area contributed by atoms with E-state index in [0.717, 1.165) is 17.4 Å². The van der Waals surface area contributed by atoms with E-state index in [0.29, 0.717) is 18.6 Å². The zero-order valence-corrected chi connectivity index (χ0v) is 11.2. The number of benzene rings is 2. The lowest BCUT2D eigenvalue weighted by atomic mass is 9.79. The van der Waals surface area contributed by atoms with Crippen LogP contribution in [0.15, 0.2) is 59.0 Å². The quantitative estimate of drug-likeness (QED) is 0.725. The summed E-state index contributed by atoms with van der Waals surface area (Å²) in [6.45, 7) is 0. The molecule has 20 heavy (non-hydrogen) atoms. The first-order valence-corrected chi connectivity index (χ1v) is 7.03. The van der Waals surface area contributed by atoms with Gasteiger partial charge in [-0.15, -0.1) is 0 Å². The SMILES string of the molecule is OC1(c2cc3ccccc3o2)CCc2ccccc2C1. The number of rotatable bonds is 1. The Bertz CT molecular complexity index is 739. The van der Waals surface area contributed by atoms with E-state index in [-0.39, 0.29) is 0 Å². The summed E-state index contributed by atoms with van der Waals surface area (Å²) in [4.78, 5) is 0. The van der Waals surface area contributed by atoms with Crippen LogP contribution in [0.3, 0.4) is 0 Å². The highest BCUT2D eigenvalue weighted by Gasteiger charge is 2.36. The Hall–Kier alpha value is -2.06. The van der Waals surface area contributed by atoms with Crippen LogP contribution in [0.4, 0.5) is 0 Å². The second kappa shape index (κ2) is 4.22. The van der Waals surface area contributed by atoms with Gasteiger partial charge in [-0.3, -0.25) is 0 Å². The molecule has 2 aromatic carbocycles. The molecule has 0 spiro atoms. The molecule has 1 atom stereocenters. The van der Waals surface area contributed by atoms with Crippen LogP contribution in [-0.4, -0.2) is 5.11 Å². The summed E-state index contributed by atoms with van der Waals surface area (Å²) < 4.78 is 5.88. The Morgan fingerprint density at radius 3 is 2.55 bits per heavy atom. The molecule has 2 heteroatoms. The van der Waals surface area contributed by atoms with Crippen LogP contribution in [0.2, 0.25) is 0 Å². The van der Waals surface area contributed by atoms with Crippen molar-refractivity contribution in [3.8, 4) is 0 Å². The van der Waals surface area contributed by atoms with Gasteiger partial charge in [0.25, 0.3) is 0 Å². The molecule has 0 saturated carbocycles. The first-order valence-electron chi connectivity index (χ1n) is 7.03. The molecule has 1 heterocycles. The normalized spacial score (nSPS) is 21.9. The van der Waals surface area contributed by atoms with Crippen molar-refractivity contribution < 1.29 is 9.52 Å². The molecule has 0 radical (unpaired) electrons. The van der Waals surface area contributed by atoms with Gasteiger partial charge in [0.15, 0.2) is 0 Å². The topological polar surface area (TPSA) is 33.4 Å². The molecule has 0 fully saturated rings. The van der Waals surface area contributed by atoms with Crippen LogP contribution < -0.4 is 0 Å². The van der Waals surface area contributed by atoms with E-state index in [1.807, 2.05) is 36.4 Å². The molecule has 0 aliphatic heterocycles. The molecule has 1 aliphatic carbocycles. The summed E-state index contributed by atoms with van der Waals surface area (Å²) in [6.07, 6.45) is 2.23. The Balaban J connectivity index is 1.78. The Morgan fingerprint density at radius 1 is 0.950 bits per heavy atom. The van der Waals surface area contributed by atoms with Crippen molar-refractivity contribution in [1.82, 2.24) is 0 Å². The van der Waals surface area contributed by atoms with E-state index >= 15 is 0 Å². The highest BCUT2D eigenvalue weighted by molar-refractivity contribution is 5.78. The first-order chi connectivity index (χ1) is 9.74. The zero-order valence-electron chi connectivity index (χ0n) is 11.2. The maximum Gasteiger partial charge on any atom is 0.137 e. The summed E-state index contributed by atoms with van der Waals surface area (Å²) >= 11 is 0. The molecule has 3 aromatic rings. The lowest BCUT2D eigenvalue weighted by molar-refractivity contribution is 0.00266. The largest absolute Gasteiger partial charge is 0.458 e. The van der Waals surface area contributed by atoms with E-state index in [4.69, 9.17) is 4.42 Å². The minimum absolute atomic E-state index is 0.628. The molecular formula is C18H16O2. The van der Waals surface area contributed by atoms with Crippen LogP contribution in [0.25, 0.3) is 11.0 Å². The Kier molecular flexibility index (Phi) is 2.48. The molecular weight excluding hydrogens is 248 g/mol. The number of aryl methyl sites for hydroxylation is 1. The second-order valence-electron chi connectivity index (χ2n) is 5.63. The maximum atomic E-state index is 11.0. The summed E-state index contributed by atoms with van der Waals surface area (Å²) in [5, 5.41) is 12.0. The lowest BCUT2D eigenvalue weighted by Gasteiger charge is -2.31. The summed E-state index contributed by atoms with van der Waals surface area (Å²) in [5.74, 6) is 0.688. The molecule has 0 saturated heterocycles.